The molecule has 3 aromatic rings. The number of hydrogen-bond donors (Lipinski definition) is 2. The fraction of sp³-hybridized carbons (Fsp3) is 0.222. The Kier molecular flexibility index (Phi) is 5.27. The molecule has 1 atom stereocenters. The van der Waals surface area contributed by atoms with E-state index in [9.17, 15) is 9.59 Å². The molecule has 1 unspecified atom stereocenters. The van der Waals surface area contributed by atoms with Crippen LogP contribution in [0.5, 0.6) is 0 Å². The molecule has 2 heterocycles. The Morgan fingerprint density at radius 1 is 1.33 bits per heavy atom. The lowest BCUT2D eigenvalue weighted by Crippen LogP contribution is -2.16. The van der Waals surface area contributed by atoms with Crippen LogP contribution in [0, 0.1) is 6.92 Å². The first-order valence-electron chi connectivity index (χ1n) is 8.20. The zero-order valence-corrected chi connectivity index (χ0v) is 15.5. The molecule has 8 nitrogen and oxygen atoms in total. The summed E-state index contributed by atoms with van der Waals surface area (Å²) in [6.45, 7) is 4.00. The van der Waals surface area contributed by atoms with Crippen molar-refractivity contribution in [3.63, 3.8) is 0 Å². The second kappa shape index (κ2) is 7.63. The number of anilines is 1. The third-order valence-corrected chi connectivity index (χ3v) is 4.27. The Labute approximate surface area is 160 Å². The van der Waals surface area contributed by atoms with Gasteiger partial charge in [0.05, 0.1) is 18.3 Å². The smallest absolute Gasteiger partial charge is 0.328 e. The lowest BCUT2D eigenvalue weighted by molar-refractivity contribution is -0.140. The van der Waals surface area contributed by atoms with E-state index in [1.165, 1.54) is 24.0 Å². The number of carbonyl (C=O) groups excluding carboxylic acids is 1. The molecular weight excluding hydrogens is 370 g/mol. The van der Waals surface area contributed by atoms with Gasteiger partial charge in [0.1, 0.15) is 11.1 Å². The first-order chi connectivity index (χ1) is 12.8. The SMILES string of the molecule is Cc1cccc(Cn2cc(Cl)c(NC(=O)c3cnn(C(C)C(=O)O)c3)n2)c1. The third-order valence-electron chi connectivity index (χ3n) is 3.99. The molecule has 0 bridgehead atoms. The first kappa shape index (κ1) is 18.7. The van der Waals surface area contributed by atoms with Crippen LogP contribution in [0.3, 0.4) is 0 Å². The second-order valence-corrected chi connectivity index (χ2v) is 6.60. The van der Waals surface area contributed by atoms with Gasteiger partial charge in [0.15, 0.2) is 5.82 Å². The Balaban J connectivity index is 1.71. The number of halogens is 1. The van der Waals surface area contributed by atoms with E-state index in [4.69, 9.17) is 16.7 Å². The highest BCUT2D eigenvalue weighted by molar-refractivity contribution is 6.33. The normalized spacial score (nSPS) is 12.0. The van der Waals surface area contributed by atoms with Crippen LogP contribution in [0.2, 0.25) is 5.02 Å². The number of rotatable bonds is 6. The van der Waals surface area contributed by atoms with Gasteiger partial charge in [-0.25, -0.2) is 4.79 Å². The fourth-order valence-electron chi connectivity index (χ4n) is 2.52. The Morgan fingerprint density at radius 2 is 2.11 bits per heavy atom. The van der Waals surface area contributed by atoms with Gasteiger partial charge >= 0.3 is 5.97 Å². The number of aromatic nitrogens is 4. The largest absolute Gasteiger partial charge is 0.480 e. The number of hydrogen-bond acceptors (Lipinski definition) is 4. The van der Waals surface area contributed by atoms with Crippen molar-refractivity contribution in [3.05, 3.63) is 64.6 Å². The minimum Gasteiger partial charge on any atom is -0.480 e. The minimum absolute atomic E-state index is 0.215. The van der Waals surface area contributed by atoms with Gasteiger partial charge < -0.3 is 10.4 Å². The van der Waals surface area contributed by atoms with Crippen molar-refractivity contribution >= 4 is 29.3 Å². The molecule has 0 fully saturated rings. The van der Waals surface area contributed by atoms with Crippen molar-refractivity contribution in [1.29, 1.82) is 0 Å². The number of nitrogens with one attached hydrogen (secondary N) is 1. The second-order valence-electron chi connectivity index (χ2n) is 6.19. The number of aliphatic carboxylic acids is 1. The lowest BCUT2D eigenvalue weighted by atomic mass is 10.1. The minimum atomic E-state index is -1.04. The number of carboxylic acid groups (broad SMARTS) is 1. The maximum Gasteiger partial charge on any atom is 0.328 e. The average molecular weight is 388 g/mol. The van der Waals surface area contributed by atoms with E-state index in [2.05, 4.69) is 15.5 Å². The molecule has 0 saturated heterocycles. The molecule has 27 heavy (non-hydrogen) atoms. The number of nitrogens with zero attached hydrogens (tertiary/aromatic N) is 4. The molecule has 1 amide bonds. The van der Waals surface area contributed by atoms with E-state index in [0.717, 1.165) is 11.1 Å². The summed E-state index contributed by atoms with van der Waals surface area (Å²) in [5.74, 6) is -1.28. The van der Waals surface area contributed by atoms with Crippen molar-refractivity contribution < 1.29 is 14.7 Å². The van der Waals surface area contributed by atoms with Gasteiger partial charge in [-0.15, -0.1) is 0 Å². The van der Waals surface area contributed by atoms with Crippen LogP contribution < -0.4 is 5.32 Å². The fourth-order valence-corrected chi connectivity index (χ4v) is 2.72. The van der Waals surface area contributed by atoms with Crippen LogP contribution in [0.25, 0.3) is 0 Å². The van der Waals surface area contributed by atoms with Gasteiger partial charge in [-0.1, -0.05) is 41.4 Å². The Morgan fingerprint density at radius 3 is 2.81 bits per heavy atom. The molecule has 0 aliphatic carbocycles. The summed E-state index contributed by atoms with van der Waals surface area (Å²) in [5, 5.41) is 20.1. The van der Waals surface area contributed by atoms with Crippen LogP contribution >= 0.6 is 11.6 Å². The zero-order chi connectivity index (χ0) is 19.6. The van der Waals surface area contributed by atoms with Gasteiger partial charge in [-0.3, -0.25) is 14.2 Å². The van der Waals surface area contributed by atoms with E-state index < -0.39 is 17.9 Å². The maximum atomic E-state index is 12.4. The van der Waals surface area contributed by atoms with Crippen molar-refractivity contribution in [2.24, 2.45) is 0 Å². The molecule has 0 aliphatic rings. The van der Waals surface area contributed by atoms with Crippen LogP contribution in [0.4, 0.5) is 5.82 Å². The topological polar surface area (TPSA) is 102 Å². The van der Waals surface area contributed by atoms with E-state index in [1.54, 1.807) is 10.9 Å². The number of aryl methyl sites for hydroxylation is 1. The van der Waals surface area contributed by atoms with E-state index in [1.807, 2.05) is 31.2 Å². The van der Waals surface area contributed by atoms with Gasteiger partial charge in [-0.2, -0.15) is 10.2 Å². The molecular formula is C18H18ClN5O3. The summed E-state index contributed by atoms with van der Waals surface area (Å²) in [4.78, 5) is 23.4. The maximum absolute atomic E-state index is 12.4. The molecule has 9 heteroatoms. The van der Waals surface area contributed by atoms with Crippen molar-refractivity contribution in [1.82, 2.24) is 19.6 Å². The first-order valence-corrected chi connectivity index (χ1v) is 8.58. The molecule has 2 aromatic heterocycles. The molecule has 2 N–H and O–H groups in total. The van der Waals surface area contributed by atoms with Gasteiger partial charge in [0.2, 0.25) is 0 Å². The molecule has 0 saturated carbocycles. The molecule has 1 aromatic carbocycles. The molecule has 3 rings (SSSR count). The van der Waals surface area contributed by atoms with Crippen molar-refractivity contribution in [3.8, 4) is 0 Å². The number of amides is 1. The third kappa shape index (κ3) is 4.35. The summed E-state index contributed by atoms with van der Waals surface area (Å²) in [6.07, 6.45) is 4.30. The monoisotopic (exact) mass is 387 g/mol. The van der Waals surface area contributed by atoms with E-state index in [0.29, 0.717) is 11.6 Å². The quantitative estimate of drug-likeness (QED) is 0.677. The number of carboxylic acids is 1. The van der Waals surface area contributed by atoms with E-state index in [-0.39, 0.29) is 11.4 Å². The van der Waals surface area contributed by atoms with E-state index >= 15 is 0 Å². The predicted octanol–water partition coefficient (Wildman–Crippen LogP) is 2.99. The summed E-state index contributed by atoms with van der Waals surface area (Å²) < 4.78 is 2.85. The van der Waals surface area contributed by atoms with Crippen LogP contribution in [-0.2, 0) is 11.3 Å². The van der Waals surface area contributed by atoms with Crippen LogP contribution in [-0.4, -0.2) is 36.5 Å². The Hall–Kier alpha value is -3.13. The highest BCUT2D eigenvalue weighted by Gasteiger charge is 2.18. The molecule has 0 spiro atoms. The number of benzene rings is 1. The molecule has 0 aliphatic heterocycles. The van der Waals surface area contributed by atoms with Crippen molar-refractivity contribution in [2.75, 3.05) is 5.32 Å². The Bertz CT molecular complexity index is 995. The molecule has 0 radical (unpaired) electrons. The van der Waals surface area contributed by atoms with Gasteiger partial charge in [-0.05, 0) is 19.4 Å². The van der Waals surface area contributed by atoms with Crippen molar-refractivity contribution in [2.45, 2.75) is 26.4 Å². The summed E-state index contributed by atoms with van der Waals surface area (Å²) in [6, 6.07) is 7.14. The summed E-state index contributed by atoms with van der Waals surface area (Å²) in [5.41, 5.74) is 2.43. The summed E-state index contributed by atoms with van der Waals surface area (Å²) >= 11 is 6.17. The molecule has 140 valence electrons. The zero-order valence-electron chi connectivity index (χ0n) is 14.8. The average Bonchev–Trinajstić information content (AvgIpc) is 3.22. The highest BCUT2D eigenvalue weighted by atomic mass is 35.5. The predicted molar refractivity (Wildman–Crippen MR) is 100 cm³/mol. The summed E-state index contributed by atoms with van der Waals surface area (Å²) in [7, 11) is 0. The van der Waals surface area contributed by atoms with Gasteiger partial charge in [0, 0.05) is 12.4 Å². The van der Waals surface area contributed by atoms with Crippen LogP contribution in [0.1, 0.15) is 34.5 Å². The van der Waals surface area contributed by atoms with Gasteiger partial charge in [0.25, 0.3) is 5.91 Å². The standard InChI is InChI=1S/C18H18ClN5O3/c1-11-4-3-5-13(6-11)8-23-10-15(19)16(22-23)21-17(25)14-7-20-24(9-14)12(2)18(26)27/h3-7,9-10,12H,8H2,1-2H3,(H,26,27)(H,21,22,25). The van der Waals surface area contributed by atoms with Crippen LogP contribution in [0.15, 0.2) is 42.9 Å². The lowest BCUT2D eigenvalue weighted by Gasteiger charge is -2.05. The highest BCUT2D eigenvalue weighted by Crippen LogP contribution is 2.21. The number of carbonyl (C=O) groups is 2.